The van der Waals surface area contributed by atoms with E-state index in [0.717, 1.165) is 38.2 Å². The summed E-state index contributed by atoms with van der Waals surface area (Å²) in [6.45, 7) is 9.78. The second kappa shape index (κ2) is 9.31. The molecule has 0 atom stereocenters. The van der Waals surface area contributed by atoms with Crippen LogP contribution < -0.4 is 16.6 Å². The molecule has 0 bridgehead atoms. The largest absolute Gasteiger partial charge is 0.351 e. The molecule has 21 heavy (non-hydrogen) atoms. The summed E-state index contributed by atoms with van der Waals surface area (Å²) < 4.78 is 0. The van der Waals surface area contributed by atoms with E-state index in [1.54, 1.807) is 6.07 Å². The lowest BCUT2D eigenvalue weighted by Gasteiger charge is -2.18. The van der Waals surface area contributed by atoms with Crippen LogP contribution in [-0.4, -0.2) is 42.0 Å². The zero-order chi connectivity index (χ0) is 15.7. The molecule has 1 amide bonds. The van der Waals surface area contributed by atoms with Gasteiger partial charge in [0.25, 0.3) is 5.91 Å². The Morgan fingerprint density at radius 3 is 2.57 bits per heavy atom. The number of likely N-dealkylation sites (N-methyl/N-ethyl adjacent to an activating group) is 1. The van der Waals surface area contributed by atoms with Gasteiger partial charge in [-0.3, -0.25) is 4.79 Å². The van der Waals surface area contributed by atoms with E-state index in [0.29, 0.717) is 17.9 Å². The van der Waals surface area contributed by atoms with Gasteiger partial charge in [-0.15, -0.1) is 0 Å². The van der Waals surface area contributed by atoms with Gasteiger partial charge in [0.15, 0.2) is 0 Å². The van der Waals surface area contributed by atoms with Crippen LogP contribution in [-0.2, 0) is 6.42 Å². The molecule has 6 nitrogen and oxygen atoms in total. The number of nitrogen functional groups attached to an aromatic ring is 1. The van der Waals surface area contributed by atoms with Gasteiger partial charge >= 0.3 is 0 Å². The number of hydrogen-bond acceptors (Lipinski definition) is 5. The predicted molar refractivity (Wildman–Crippen MR) is 86.2 cm³/mol. The summed E-state index contributed by atoms with van der Waals surface area (Å²) in [5.41, 5.74) is 3.99. The zero-order valence-corrected chi connectivity index (χ0v) is 13.3. The van der Waals surface area contributed by atoms with Gasteiger partial charge in [-0.1, -0.05) is 27.2 Å². The topological polar surface area (TPSA) is 83.3 Å². The van der Waals surface area contributed by atoms with Crippen LogP contribution in [0.4, 0.5) is 5.82 Å². The molecular formula is C15H27N5O. The molecule has 0 aromatic carbocycles. The van der Waals surface area contributed by atoms with Gasteiger partial charge in [-0.25, -0.2) is 10.8 Å². The Kier molecular flexibility index (Phi) is 7.71. The SMILES string of the molecule is CCCc1cc(C(=O)NCCN(CC)CC)cc(NN)n1. The maximum Gasteiger partial charge on any atom is 0.251 e. The Bertz CT molecular complexity index is 446. The average Bonchev–Trinajstić information content (AvgIpc) is 2.51. The van der Waals surface area contributed by atoms with Crippen LogP contribution in [0.3, 0.4) is 0 Å². The molecule has 6 heteroatoms. The first-order valence-electron chi connectivity index (χ1n) is 7.62. The normalized spacial score (nSPS) is 10.7. The van der Waals surface area contributed by atoms with Gasteiger partial charge in [0, 0.05) is 24.3 Å². The molecule has 1 heterocycles. The van der Waals surface area contributed by atoms with Crippen molar-refractivity contribution in [3.8, 4) is 0 Å². The van der Waals surface area contributed by atoms with Crippen LogP contribution in [0.2, 0.25) is 0 Å². The number of aromatic nitrogens is 1. The summed E-state index contributed by atoms with van der Waals surface area (Å²) in [6.07, 6.45) is 1.80. The fourth-order valence-electron chi connectivity index (χ4n) is 2.15. The standard InChI is InChI=1S/C15H27N5O/c1-4-7-13-10-12(11-14(18-13)19-16)15(21)17-8-9-20(5-2)6-3/h10-11H,4-9,16H2,1-3H3,(H,17,21)(H,18,19). The van der Waals surface area contributed by atoms with E-state index in [9.17, 15) is 4.79 Å². The fourth-order valence-corrected chi connectivity index (χ4v) is 2.15. The second-order valence-electron chi connectivity index (χ2n) is 4.91. The van der Waals surface area contributed by atoms with Gasteiger partial charge in [0.1, 0.15) is 5.82 Å². The molecule has 118 valence electrons. The molecular weight excluding hydrogens is 266 g/mol. The van der Waals surface area contributed by atoms with Crippen molar-refractivity contribution >= 4 is 11.7 Å². The molecule has 0 radical (unpaired) electrons. The van der Waals surface area contributed by atoms with Gasteiger partial charge in [0.2, 0.25) is 0 Å². The number of nitrogens with zero attached hydrogens (tertiary/aromatic N) is 2. The number of nitrogens with two attached hydrogens (primary N) is 1. The van der Waals surface area contributed by atoms with E-state index < -0.39 is 0 Å². The number of hydrazine groups is 1. The third kappa shape index (κ3) is 5.69. The molecule has 1 rings (SSSR count). The van der Waals surface area contributed by atoms with Crippen LogP contribution in [0.15, 0.2) is 12.1 Å². The number of amides is 1. The van der Waals surface area contributed by atoms with Crippen LogP contribution in [0.5, 0.6) is 0 Å². The minimum atomic E-state index is -0.0848. The van der Waals surface area contributed by atoms with E-state index in [-0.39, 0.29) is 5.91 Å². The molecule has 1 aromatic heterocycles. The van der Waals surface area contributed by atoms with Crippen molar-refractivity contribution in [1.29, 1.82) is 0 Å². The lowest BCUT2D eigenvalue weighted by molar-refractivity contribution is 0.0948. The van der Waals surface area contributed by atoms with Crippen molar-refractivity contribution < 1.29 is 4.79 Å². The Balaban J connectivity index is 2.66. The highest BCUT2D eigenvalue weighted by Gasteiger charge is 2.09. The number of anilines is 1. The first-order chi connectivity index (χ1) is 10.1. The van der Waals surface area contributed by atoms with Crippen LogP contribution in [0.1, 0.15) is 43.2 Å². The monoisotopic (exact) mass is 293 g/mol. The molecule has 1 aromatic rings. The second-order valence-corrected chi connectivity index (χ2v) is 4.91. The Hall–Kier alpha value is -1.66. The number of nitrogens with one attached hydrogen (secondary N) is 2. The molecule has 0 aliphatic heterocycles. The Morgan fingerprint density at radius 2 is 2.00 bits per heavy atom. The van der Waals surface area contributed by atoms with Gasteiger partial charge < -0.3 is 15.6 Å². The number of hydrogen-bond donors (Lipinski definition) is 3. The molecule has 0 saturated heterocycles. The third-order valence-corrected chi connectivity index (χ3v) is 3.40. The average molecular weight is 293 g/mol. The number of carbonyl (C=O) groups excluding carboxylic acids is 1. The van der Waals surface area contributed by atoms with E-state index >= 15 is 0 Å². The van der Waals surface area contributed by atoms with Crippen molar-refractivity contribution in [3.05, 3.63) is 23.4 Å². The zero-order valence-electron chi connectivity index (χ0n) is 13.3. The Labute approximate surface area is 127 Å². The Morgan fingerprint density at radius 1 is 1.29 bits per heavy atom. The highest BCUT2D eigenvalue weighted by Crippen LogP contribution is 2.11. The van der Waals surface area contributed by atoms with Crippen LogP contribution in [0, 0.1) is 0 Å². The van der Waals surface area contributed by atoms with Crippen molar-refractivity contribution in [1.82, 2.24) is 15.2 Å². The number of rotatable bonds is 9. The predicted octanol–water partition coefficient (Wildman–Crippen LogP) is 1.39. The summed E-state index contributed by atoms with van der Waals surface area (Å²) in [5, 5.41) is 2.94. The van der Waals surface area contributed by atoms with E-state index in [2.05, 4.69) is 41.4 Å². The fraction of sp³-hybridized carbons (Fsp3) is 0.600. The van der Waals surface area contributed by atoms with Crippen molar-refractivity contribution in [2.45, 2.75) is 33.6 Å². The van der Waals surface area contributed by atoms with Crippen LogP contribution >= 0.6 is 0 Å². The van der Waals surface area contributed by atoms with Crippen molar-refractivity contribution in [2.24, 2.45) is 5.84 Å². The van der Waals surface area contributed by atoms with Crippen LogP contribution in [0.25, 0.3) is 0 Å². The minimum absolute atomic E-state index is 0.0848. The summed E-state index contributed by atoms with van der Waals surface area (Å²) >= 11 is 0. The van der Waals surface area contributed by atoms with E-state index in [1.807, 2.05) is 6.07 Å². The first kappa shape index (κ1) is 17.4. The van der Waals surface area contributed by atoms with E-state index in [1.165, 1.54) is 0 Å². The minimum Gasteiger partial charge on any atom is -0.351 e. The summed E-state index contributed by atoms with van der Waals surface area (Å²) in [7, 11) is 0. The molecule has 0 fully saturated rings. The van der Waals surface area contributed by atoms with E-state index in [4.69, 9.17) is 5.84 Å². The van der Waals surface area contributed by atoms with Gasteiger partial charge in [-0.2, -0.15) is 0 Å². The lowest BCUT2D eigenvalue weighted by Crippen LogP contribution is -2.34. The molecule has 0 saturated carbocycles. The molecule has 0 aliphatic rings. The molecule has 0 aliphatic carbocycles. The quantitative estimate of drug-likeness (QED) is 0.473. The number of carbonyl (C=O) groups is 1. The molecule has 4 N–H and O–H groups in total. The maximum atomic E-state index is 12.2. The lowest BCUT2D eigenvalue weighted by atomic mass is 10.1. The number of pyridine rings is 1. The summed E-state index contributed by atoms with van der Waals surface area (Å²) in [5.74, 6) is 5.85. The molecule has 0 unspecified atom stereocenters. The number of aryl methyl sites for hydroxylation is 1. The highest BCUT2D eigenvalue weighted by atomic mass is 16.1. The van der Waals surface area contributed by atoms with Crippen molar-refractivity contribution in [3.63, 3.8) is 0 Å². The summed E-state index contributed by atoms with van der Waals surface area (Å²) in [4.78, 5) is 18.8. The first-order valence-corrected chi connectivity index (χ1v) is 7.62. The summed E-state index contributed by atoms with van der Waals surface area (Å²) in [6, 6.07) is 3.50. The maximum absolute atomic E-state index is 12.2. The third-order valence-electron chi connectivity index (χ3n) is 3.40. The van der Waals surface area contributed by atoms with Gasteiger partial charge in [0.05, 0.1) is 0 Å². The van der Waals surface area contributed by atoms with Gasteiger partial charge in [-0.05, 0) is 31.6 Å². The molecule has 0 spiro atoms. The van der Waals surface area contributed by atoms with Crippen molar-refractivity contribution in [2.75, 3.05) is 31.6 Å². The smallest absolute Gasteiger partial charge is 0.251 e. The highest BCUT2D eigenvalue weighted by molar-refractivity contribution is 5.95.